The predicted molar refractivity (Wildman–Crippen MR) is 87.9 cm³/mol. The van der Waals surface area contributed by atoms with Crippen molar-refractivity contribution in [2.24, 2.45) is 5.92 Å². The Kier molecular flexibility index (Phi) is 4.40. The van der Waals surface area contributed by atoms with Gasteiger partial charge in [0.1, 0.15) is 0 Å². The molecule has 1 unspecified atom stereocenters. The minimum Gasteiger partial charge on any atom is -0.479 e. The van der Waals surface area contributed by atoms with Crippen molar-refractivity contribution in [2.45, 2.75) is 13.1 Å². The number of rotatable bonds is 4. The average molecular weight is 396 g/mol. The Balaban J connectivity index is 1.73. The molecule has 2 aromatic rings. The number of halogens is 2. The Hall–Kier alpha value is -2.22. The van der Waals surface area contributed by atoms with Gasteiger partial charge in [0, 0.05) is 29.7 Å². The van der Waals surface area contributed by atoms with Crippen molar-refractivity contribution < 1.29 is 19.1 Å². The van der Waals surface area contributed by atoms with E-state index in [4.69, 9.17) is 5.11 Å². The molecule has 1 saturated heterocycles. The van der Waals surface area contributed by atoms with E-state index in [9.17, 15) is 14.0 Å². The summed E-state index contributed by atoms with van der Waals surface area (Å²) in [4.78, 5) is 24.5. The number of alkyl halides is 1. The zero-order chi connectivity index (χ0) is 17.4. The molecule has 0 radical (unpaired) electrons. The molecule has 0 saturated carbocycles. The van der Waals surface area contributed by atoms with Crippen LogP contribution < -0.4 is 0 Å². The van der Waals surface area contributed by atoms with Crippen LogP contribution >= 0.6 is 15.9 Å². The molecule has 1 N–H and O–H groups in total. The Bertz CT molecular complexity index is 784. The number of aliphatic carboxylic acids is 1. The van der Waals surface area contributed by atoms with Gasteiger partial charge in [0.15, 0.2) is 0 Å². The quantitative estimate of drug-likeness (QED) is 0.862. The third kappa shape index (κ3) is 3.06. The van der Waals surface area contributed by atoms with Crippen molar-refractivity contribution in [1.82, 2.24) is 14.7 Å². The number of aryl methyl sites for hydroxylation is 1. The lowest BCUT2D eigenvalue weighted by atomic mass is 9.94. The van der Waals surface area contributed by atoms with Gasteiger partial charge in [-0.05, 0) is 31.2 Å². The van der Waals surface area contributed by atoms with Crippen LogP contribution in [0.1, 0.15) is 16.1 Å². The first-order chi connectivity index (χ1) is 11.4. The van der Waals surface area contributed by atoms with E-state index in [1.807, 2.05) is 24.3 Å². The van der Waals surface area contributed by atoms with Crippen molar-refractivity contribution in [3.05, 3.63) is 46.2 Å². The molecule has 2 heterocycles. The molecule has 6 nitrogen and oxygen atoms in total. The third-order valence-corrected chi connectivity index (χ3v) is 4.60. The molecule has 1 aromatic carbocycles. The number of aromatic nitrogens is 2. The molecule has 8 heteroatoms. The van der Waals surface area contributed by atoms with E-state index < -0.39 is 18.1 Å². The van der Waals surface area contributed by atoms with Gasteiger partial charge >= 0.3 is 5.97 Å². The van der Waals surface area contributed by atoms with Crippen molar-refractivity contribution in [2.75, 3.05) is 13.1 Å². The molecule has 0 bridgehead atoms. The van der Waals surface area contributed by atoms with E-state index in [-0.39, 0.29) is 19.0 Å². The van der Waals surface area contributed by atoms with E-state index in [0.717, 1.165) is 10.2 Å². The van der Waals surface area contributed by atoms with Crippen LogP contribution in [0, 0.1) is 12.8 Å². The van der Waals surface area contributed by atoms with E-state index in [1.165, 1.54) is 4.90 Å². The highest BCUT2D eigenvalue weighted by molar-refractivity contribution is 9.10. The van der Waals surface area contributed by atoms with Gasteiger partial charge in [0.05, 0.1) is 16.9 Å². The number of likely N-dealkylation sites (tertiary alicyclic amines) is 1. The van der Waals surface area contributed by atoms with Gasteiger partial charge in [0.25, 0.3) is 5.91 Å². The number of amides is 1. The van der Waals surface area contributed by atoms with Crippen LogP contribution in [0.15, 0.2) is 34.9 Å². The van der Waals surface area contributed by atoms with Gasteiger partial charge < -0.3 is 10.0 Å². The maximum absolute atomic E-state index is 13.4. The second kappa shape index (κ2) is 6.35. The van der Waals surface area contributed by atoms with Gasteiger partial charge in [-0.1, -0.05) is 15.9 Å². The average Bonchev–Trinajstić information content (AvgIpc) is 2.88. The molecule has 1 aromatic heterocycles. The Morgan fingerprint density at radius 1 is 1.33 bits per heavy atom. The fourth-order valence-electron chi connectivity index (χ4n) is 2.63. The first-order valence-corrected chi connectivity index (χ1v) is 8.14. The Labute approximate surface area is 146 Å². The summed E-state index contributed by atoms with van der Waals surface area (Å²) in [5, 5.41) is 13.0. The number of nitrogens with zero attached hydrogens (tertiary/aromatic N) is 3. The normalized spacial score (nSPS) is 15.9. The smallest absolute Gasteiger partial charge is 0.338 e. The first-order valence-electron chi connectivity index (χ1n) is 7.35. The summed E-state index contributed by atoms with van der Waals surface area (Å²) in [7, 11) is 0. The van der Waals surface area contributed by atoms with Gasteiger partial charge in [-0.15, -0.1) is 0 Å². The van der Waals surface area contributed by atoms with Crippen molar-refractivity contribution in [3.63, 3.8) is 0 Å². The van der Waals surface area contributed by atoms with Crippen molar-refractivity contribution in [3.8, 4) is 5.69 Å². The number of benzene rings is 1. The van der Waals surface area contributed by atoms with E-state index in [2.05, 4.69) is 21.0 Å². The summed E-state index contributed by atoms with van der Waals surface area (Å²) in [6.07, 6.45) is -0.293. The maximum Gasteiger partial charge on any atom is 0.338 e. The zero-order valence-corrected chi connectivity index (χ0v) is 14.4. The number of carbonyl (C=O) groups excluding carboxylic acids is 1. The highest BCUT2D eigenvalue weighted by atomic mass is 79.9. The van der Waals surface area contributed by atoms with Gasteiger partial charge in [-0.25, -0.2) is 13.9 Å². The molecule has 1 aliphatic rings. The third-order valence-electron chi connectivity index (χ3n) is 4.07. The molecule has 1 amide bonds. The predicted octanol–water partition coefficient (Wildman–Crippen LogP) is 2.44. The van der Waals surface area contributed by atoms with Crippen molar-refractivity contribution in [1.29, 1.82) is 0 Å². The number of hydrogen-bond donors (Lipinski definition) is 1. The fraction of sp³-hybridized carbons (Fsp3) is 0.312. The van der Waals surface area contributed by atoms with Crippen LogP contribution in [0.5, 0.6) is 0 Å². The second-order valence-corrected chi connectivity index (χ2v) is 6.68. The van der Waals surface area contributed by atoms with Crippen LogP contribution in [0.4, 0.5) is 4.39 Å². The topological polar surface area (TPSA) is 75.4 Å². The van der Waals surface area contributed by atoms with Crippen LogP contribution in [0.25, 0.3) is 5.69 Å². The Morgan fingerprint density at radius 3 is 2.54 bits per heavy atom. The standard InChI is InChI=1S/C16H15BrFN3O3/c1-9-13(8-21(19-9)12-4-2-11(17)3-5-12)15(22)20-6-10(7-20)14(18)16(23)24/h2-5,8,10,14H,6-7H2,1H3,(H,23,24). The monoisotopic (exact) mass is 395 g/mol. The van der Waals surface area contributed by atoms with E-state index in [0.29, 0.717) is 11.3 Å². The highest BCUT2D eigenvalue weighted by Crippen LogP contribution is 2.25. The minimum atomic E-state index is -1.93. The molecule has 0 aliphatic carbocycles. The molecule has 1 aliphatic heterocycles. The number of hydrogen-bond acceptors (Lipinski definition) is 3. The van der Waals surface area contributed by atoms with Gasteiger partial charge in [0.2, 0.25) is 6.17 Å². The number of carboxylic acids is 1. The molecule has 24 heavy (non-hydrogen) atoms. The van der Waals surface area contributed by atoms with Crippen LogP contribution in [-0.4, -0.2) is 50.9 Å². The summed E-state index contributed by atoms with van der Waals surface area (Å²) >= 11 is 3.36. The summed E-state index contributed by atoms with van der Waals surface area (Å²) in [6.45, 7) is 1.94. The molecular formula is C16H15BrFN3O3. The Morgan fingerprint density at radius 2 is 1.96 bits per heavy atom. The summed E-state index contributed by atoms with van der Waals surface area (Å²) < 4.78 is 15.9. The SMILES string of the molecule is Cc1nn(-c2ccc(Br)cc2)cc1C(=O)N1CC(C(F)C(=O)O)C1. The van der Waals surface area contributed by atoms with E-state index in [1.54, 1.807) is 17.8 Å². The molecular weight excluding hydrogens is 381 g/mol. The lowest BCUT2D eigenvalue weighted by Gasteiger charge is -2.39. The maximum atomic E-state index is 13.4. The van der Waals surface area contributed by atoms with Gasteiger partial charge in [-0.3, -0.25) is 4.79 Å². The summed E-state index contributed by atoms with van der Waals surface area (Å²) in [6, 6.07) is 7.48. The first kappa shape index (κ1) is 16.6. The number of carboxylic acid groups (broad SMARTS) is 1. The van der Waals surface area contributed by atoms with Crippen LogP contribution in [0.2, 0.25) is 0 Å². The summed E-state index contributed by atoms with van der Waals surface area (Å²) in [5.74, 6) is -2.38. The summed E-state index contributed by atoms with van der Waals surface area (Å²) in [5.41, 5.74) is 1.82. The fourth-order valence-corrected chi connectivity index (χ4v) is 2.90. The lowest BCUT2D eigenvalue weighted by molar-refractivity contribution is -0.147. The molecule has 1 fully saturated rings. The molecule has 126 valence electrons. The van der Waals surface area contributed by atoms with Crippen LogP contribution in [0.3, 0.4) is 0 Å². The second-order valence-electron chi connectivity index (χ2n) is 5.76. The van der Waals surface area contributed by atoms with E-state index >= 15 is 0 Å². The minimum absolute atomic E-state index is 0.106. The molecule has 0 spiro atoms. The highest BCUT2D eigenvalue weighted by Gasteiger charge is 2.40. The van der Waals surface area contributed by atoms with Crippen LogP contribution in [-0.2, 0) is 4.79 Å². The molecule has 1 atom stereocenters. The largest absolute Gasteiger partial charge is 0.479 e. The lowest BCUT2D eigenvalue weighted by Crippen LogP contribution is -2.55. The number of carbonyl (C=O) groups is 2. The zero-order valence-electron chi connectivity index (χ0n) is 12.8. The van der Waals surface area contributed by atoms with Gasteiger partial charge in [-0.2, -0.15) is 5.10 Å². The molecule has 3 rings (SSSR count). The van der Waals surface area contributed by atoms with Crippen molar-refractivity contribution >= 4 is 27.8 Å².